The number of carbonyl (C=O) groups excluding carboxylic acids is 1. The van der Waals surface area contributed by atoms with Crippen molar-refractivity contribution in [3.63, 3.8) is 0 Å². The first-order chi connectivity index (χ1) is 4.70. The molecule has 4 heteroatoms. The molecular formula is C6H13N3O. The fraction of sp³-hybridized carbons (Fsp3) is 0.833. The topological polar surface area (TPSA) is 73.0 Å². The van der Waals surface area contributed by atoms with E-state index in [0.29, 0.717) is 0 Å². The molecule has 1 aliphatic heterocycles. The van der Waals surface area contributed by atoms with Gasteiger partial charge in [-0.15, -0.1) is 0 Å². The first-order valence-electron chi connectivity index (χ1n) is 3.37. The molecule has 3 N–H and O–H groups in total. The minimum absolute atomic E-state index is 0.0193. The molecule has 1 saturated heterocycles. The first kappa shape index (κ1) is 7.65. The Bertz CT molecular complexity index is 133. The Morgan fingerprint density at radius 1 is 1.70 bits per heavy atom. The molecule has 0 spiro atoms. The van der Waals surface area contributed by atoms with Crippen molar-refractivity contribution in [2.24, 2.45) is 0 Å². The van der Waals surface area contributed by atoms with Crippen LogP contribution in [0.5, 0.6) is 0 Å². The predicted octanol–water partition coefficient (Wildman–Crippen LogP) is -1.01. The average molecular weight is 143 g/mol. The van der Waals surface area contributed by atoms with Crippen molar-refractivity contribution in [1.82, 2.24) is 16.2 Å². The normalized spacial score (nSPS) is 23.8. The maximum atomic E-state index is 10.3. The van der Waals surface area contributed by atoms with Crippen LogP contribution < -0.4 is 16.2 Å². The second kappa shape index (κ2) is 2.65. The average Bonchev–Trinajstić information content (AvgIpc) is 2.64. The van der Waals surface area contributed by atoms with E-state index in [4.69, 9.17) is 0 Å². The van der Waals surface area contributed by atoms with Crippen LogP contribution in [-0.2, 0) is 4.79 Å². The van der Waals surface area contributed by atoms with Gasteiger partial charge in [-0.3, -0.25) is 0 Å². The van der Waals surface area contributed by atoms with Crippen LogP contribution >= 0.6 is 0 Å². The molecule has 10 heavy (non-hydrogen) atoms. The highest BCUT2D eigenvalue weighted by Gasteiger charge is 2.37. The molecule has 4 nitrogen and oxygen atoms in total. The minimum atomic E-state index is -0.0486. The highest BCUT2D eigenvalue weighted by molar-refractivity contribution is 5.57. The van der Waals surface area contributed by atoms with Crippen molar-refractivity contribution in [2.45, 2.75) is 25.0 Å². The third kappa shape index (κ3) is 1.76. The zero-order valence-corrected chi connectivity index (χ0v) is 6.27. The highest BCUT2D eigenvalue weighted by atomic mass is 16.1. The van der Waals surface area contributed by atoms with Crippen LogP contribution in [0.25, 0.3) is 0 Å². The van der Waals surface area contributed by atoms with E-state index in [0.717, 1.165) is 12.7 Å². The van der Waals surface area contributed by atoms with Crippen LogP contribution in [0.15, 0.2) is 0 Å². The smallest absolute Gasteiger partial charge is 0.137 e. The van der Waals surface area contributed by atoms with Crippen LogP contribution in [0.1, 0.15) is 13.3 Å². The molecule has 1 rings (SSSR count). The Morgan fingerprint density at radius 2 is 2.30 bits per heavy atom. The molecule has 58 valence electrons. The van der Waals surface area contributed by atoms with Crippen molar-refractivity contribution in [3.05, 3.63) is 0 Å². The molecule has 1 atom stereocenters. The van der Waals surface area contributed by atoms with Crippen molar-refractivity contribution < 1.29 is 4.79 Å². The Labute approximate surface area is 60.3 Å². The zero-order chi connectivity index (χ0) is 7.61. The van der Waals surface area contributed by atoms with E-state index in [1.807, 2.05) is 6.92 Å². The number of carbonyl (C=O) groups is 1. The number of likely N-dealkylation sites (N-methyl/N-ethyl adjacent to an activating group) is 1. The van der Waals surface area contributed by atoms with Gasteiger partial charge in [0.15, 0.2) is 0 Å². The lowest BCUT2D eigenvalue weighted by atomic mass is 10.1. The van der Waals surface area contributed by atoms with E-state index in [9.17, 15) is 4.79 Å². The largest absolute Gasteiger partial charge is 0.311 e. The summed E-state index contributed by atoms with van der Waals surface area (Å²) in [6.45, 7) is 2.01. The third-order valence-electron chi connectivity index (χ3n) is 1.71. The van der Waals surface area contributed by atoms with Gasteiger partial charge in [-0.1, -0.05) is 0 Å². The van der Waals surface area contributed by atoms with Gasteiger partial charge in [-0.05, 0) is 14.0 Å². The van der Waals surface area contributed by atoms with Crippen molar-refractivity contribution >= 4 is 6.29 Å². The van der Waals surface area contributed by atoms with Crippen LogP contribution in [0.2, 0.25) is 0 Å². The lowest BCUT2D eigenvalue weighted by Gasteiger charge is -2.10. The van der Waals surface area contributed by atoms with E-state index in [1.165, 1.54) is 0 Å². The van der Waals surface area contributed by atoms with Gasteiger partial charge in [-0.2, -0.15) is 0 Å². The summed E-state index contributed by atoms with van der Waals surface area (Å²) < 4.78 is 0. The molecule has 1 fully saturated rings. The molecule has 0 aromatic rings. The van der Waals surface area contributed by atoms with Gasteiger partial charge < -0.3 is 10.1 Å². The van der Waals surface area contributed by atoms with Gasteiger partial charge in [0.25, 0.3) is 0 Å². The maximum absolute atomic E-state index is 10.3. The SMILES string of the molecule is CN[C@H](C=O)CC1(C)NN1. The molecule has 0 aromatic heterocycles. The summed E-state index contributed by atoms with van der Waals surface area (Å²) in [5.41, 5.74) is 5.90. The number of aldehydes is 1. The lowest BCUT2D eigenvalue weighted by Crippen LogP contribution is -2.33. The number of hydrogen-bond acceptors (Lipinski definition) is 4. The van der Waals surface area contributed by atoms with Gasteiger partial charge in [0.1, 0.15) is 6.29 Å². The number of hydrogen-bond donors (Lipinski definition) is 3. The number of nitrogens with one attached hydrogen (secondary N) is 3. The molecule has 0 amide bonds. The van der Waals surface area contributed by atoms with Crippen LogP contribution in [0.4, 0.5) is 0 Å². The van der Waals surface area contributed by atoms with E-state index in [1.54, 1.807) is 7.05 Å². The maximum Gasteiger partial charge on any atom is 0.137 e. The summed E-state index contributed by atoms with van der Waals surface area (Å²) in [6, 6.07) is -0.0486. The lowest BCUT2D eigenvalue weighted by molar-refractivity contribution is -0.109. The summed E-state index contributed by atoms with van der Waals surface area (Å²) in [5.74, 6) is 0. The molecule has 1 aliphatic rings. The monoisotopic (exact) mass is 143 g/mol. The van der Waals surface area contributed by atoms with Gasteiger partial charge in [0.2, 0.25) is 0 Å². The van der Waals surface area contributed by atoms with Crippen molar-refractivity contribution in [1.29, 1.82) is 0 Å². The fourth-order valence-corrected chi connectivity index (χ4v) is 0.867. The van der Waals surface area contributed by atoms with Crippen molar-refractivity contribution in [2.75, 3.05) is 7.05 Å². The van der Waals surface area contributed by atoms with Gasteiger partial charge in [0.05, 0.1) is 11.7 Å². The molecule has 0 aliphatic carbocycles. The Balaban J connectivity index is 2.27. The number of hydrazine groups is 1. The minimum Gasteiger partial charge on any atom is -0.311 e. The number of rotatable bonds is 4. The second-order valence-electron chi connectivity index (χ2n) is 2.82. The summed E-state index contributed by atoms with van der Waals surface area (Å²) in [5, 5.41) is 2.90. The van der Waals surface area contributed by atoms with E-state index in [-0.39, 0.29) is 11.7 Å². The van der Waals surface area contributed by atoms with Crippen LogP contribution in [-0.4, -0.2) is 25.0 Å². The predicted molar refractivity (Wildman–Crippen MR) is 38.2 cm³/mol. The Morgan fingerprint density at radius 3 is 2.60 bits per heavy atom. The Kier molecular flexibility index (Phi) is 2.03. The van der Waals surface area contributed by atoms with Gasteiger partial charge in [-0.25, -0.2) is 10.9 Å². The zero-order valence-electron chi connectivity index (χ0n) is 6.27. The van der Waals surface area contributed by atoms with Crippen LogP contribution in [0, 0.1) is 0 Å². The molecule has 0 bridgehead atoms. The fourth-order valence-electron chi connectivity index (χ4n) is 0.867. The summed E-state index contributed by atoms with van der Waals surface area (Å²) >= 11 is 0. The van der Waals surface area contributed by atoms with Crippen molar-refractivity contribution in [3.8, 4) is 0 Å². The van der Waals surface area contributed by atoms with Gasteiger partial charge in [0, 0.05) is 6.42 Å². The summed E-state index contributed by atoms with van der Waals surface area (Å²) in [6.07, 6.45) is 1.71. The summed E-state index contributed by atoms with van der Waals surface area (Å²) in [7, 11) is 1.78. The molecule has 0 radical (unpaired) electrons. The standard InChI is InChI=1S/C6H13N3O/c1-6(8-9-6)3-5(4-10)7-2/h4-5,7-9H,3H2,1-2H3/t5-/m0/s1. The molecule has 1 heterocycles. The molecule has 0 aromatic carbocycles. The second-order valence-corrected chi connectivity index (χ2v) is 2.82. The van der Waals surface area contributed by atoms with E-state index in [2.05, 4.69) is 16.2 Å². The van der Waals surface area contributed by atoms with Gasteiger partial charge >= 0.3 is 0 Å². The third-order valence-corrected chi connectivity index (χ3v) is 1.71. The molecular weight excluding hydrogens is 130 g/mol. The quantitative estimate of drug-likeness (QED) is 0.348. The summed E-state index contributed by atoms with van der Waals surface area (Å²) in [4.78, 5) is 10.3. The highest BCUT2D eigenvalue weighted by Crippen LogP contribution is 2.14. The van der Waals surface area contributed by atoms with Crippen LogP contribution in [0.3, 0.4) is 0 Å². The Hall–Kier alpha value is -0.450. The molecule has 0 saturated carbocycles. The van der Waals surface area contributed by atoms with E-state index < -0.39 is 0 Å². The molecule has 0 unspecified atom stereocenters. The van der Waals surface area contributed by atoms with E-state index >= 15 is 0 Å². The first-order valence-corrected chi connectivity index (χ1v) is 3.37.